The highest BCUT2D eigenvalue weighted by Crippen LogP contribution is 2.15. The third-order valence-corrected chi connectivity index (χ3v) is 1.39. The van der Waals surface area contributed by atoms with Crippen molar-refractivity contribution < 1.29 is 14.7 Å². The summed E-state index contributed by atoms with van der Waals surface area (Å²) in [6.45, 7) is 0. The van der Waals surface area contributed by atoms with Gasteiger partial charge in [0.05, 0.1) is 5.69 Å². The predicted molar refractivity (Wildman–Crippen MR) is 50.1 cm³/mol. The van der Waals surface area contributed by atoms with Crippen molar-refractivity contribution in [3.8, 4) is 5.75 Å². The van der Waals surface area contributed by atoms with Crippen molar-refractivity contribution in [2.45, 2.75) is 0 Å². The summed E-state index contributed by atoms with van der Waals surface area (Å²) in [6, 6.07) is 5.98. The minimum Gasteiger partial charge on any atom is -0.508 e. The highest BCUT2D eigenvalue weighted by Gasteiger charge is 2.00. The standard InChI is InChI=1S/C10H8NO3/c12-6-2-5-10(14)11-8-3-1-4-9(13)7-8/h1-7,13H/b5-2-. The van der Waals surface area contributed by atoms with Gasteiger partial charge in [0, 0.05) is 12.1 Å². The van der Waals surface area contributed by atoms with Crippen molar-refractivity contribution in [2.75, 3.05) is 0 Å². The molecule has 1 aromatic carbocycles. The monoisotopic (exact) mass is 190 g/mol. The van der Waals surface area contributed by atoms with Gasteiger partial charge >= 0.3 is 0 Å². The Bertz CT molecular complexity index is 371. The van der Waals surface area contributed by atoms with Crippen molar-refractivity contribution in [2.24, 2.45) is 0 Å². The molecule has 0 heterocycles. The highest BCUT2D eigenvalue weighted by atomic mass is 16.3. The second kappa shape index (κ2) is 4.81. The van der Waals surface area contributed by atoms with Gasteiger partial charge in [-0.1, -0.05) is 6.07 Å². The van der Waals surface area contributed by atoms with Crippen molar-refractivity contribution >= 4 is 17.9 Å². The lowest BCUT2D eigenvalue weighted by Crippen LogP contribution is -2.06. The number of aldehydes is 1. The Morgan fingerprint density at radius 3 is 2.86 bits per heavy atom. The maximum Gasteiger partial charge on any atom is 0.270 e. The molecule has 1 aromatic rings. The van der Waals surface area contributed by atoms with Crippen LogP contribution in [0.4, 0.5) is 5.69 Å². The van der Waals surface area contributed by atoms with E-state index in [0.717, 1.165) is 12.2 Å². The number of hydrogen-bond donors (Lipinski definition) is 1. The van der Waals surface area contributed by atoms with E-state index in [1.165, 1.54) is 12.1 Å². The molecule has 1 rings (SSSR count). The Balaban J connectivity index is 2.64. The fraction of sp³-hybridized carbons (Fsp3) is 0. The molecule has 0 bridgehead atoms. The van der Waals surface area contributed by atoms with Gasteiger partial charge in [-0.15, -0.1) is 0 Å². The minimum atomic E-state index is -0.539. The maximum absolute atomic E-state index is 11.0. The number of phenolic OH excluding ortho intramolecular Hbond substituents is 1. The minimum absolute atomic E-state index is 0.0402. The van der Waals surface area contributed by atoms with E-state index in [-0.39, 0.29) is 5.75 Å². The zero-order valence-electron chi connectivity index (χ0n) is 7.25. The summed E-state index contributed by atoms with van der Waals surface area (Å²) >= 11 is 0. The average molecular weight is 190 g/mol. The average Bonchev–Trinajstić information content (AvgIpc) is 2.15. The van der Waals surface area contributed by atoms with Crippen LogP contribution in [-0.2, 0) is 9.59 Å². The first-order chi connectivity index (χ1) is 6.72. The third kappa shape index (κ3) is 3.10. The van der Waals surface area contributed by atoms with Crippen molar-refractivity contribution in [1.82, 2.24) is 5.32 Å². The number of rotatable bonds is 3. The predicted octanol–water partition coefficient (Wildman–Crippen LogP) is 0.910. The second-order valence-electron chi connectivity index (χ2n) is 2.47. The Kier molecular flexibility index (Phi) is 3.43. The number of phenols is 1. The van der Waals surface area contributed by atoms with Gasteiger partial charge in [0.15, 0.2) is 0 Å². The number of benzene rings is 1. The lowest BCUT2D eigenvalue weighted by atomic mass is 10.3. The zero-order chi connectivity index (χ0) is 10.4. The van der Waals surface area contributed by atoms with Gasteiger partial charge in [-0.2, -0.15) is 0 Å². The molecule has 1 amide bonds. The van der Waals surface area contributed by atoms with Crippen LogP contribution in [0.2, 0.25) is 0 Å². The van der Waals surface area contributed by atoms with E-state index < -0.39 is 5.91 Å². The van der Waals surface area contributed by atoms with E-state index in [1.807, 2.05) is 0 Å². The molecule has 0 spiro atoms. The summed E-state index contributed by atoms with van der Waals surface area (Å²) in [6.07, 6.45) is 2.61. The normalized spacial score (nSPS) is 10.0. The molecular formula is C10H8NO3. The first kappa shape index (κ1) is 9.98. The zero-order valence-corrected chi connectivity index (χ0v) is 7.25. The Morgan fingerprint density at radius 1 is 1.43 bits per heavy atom. The number of nitrogens with zero attached hydrogens (tertiary/aromatic N) is 1. The molecule has 0 saturated carbocycles. The summed E-state index contributed by atoms with van der Waals surface area (Å²) in [5.41, 5.74) is 0.352. The Labute approximate surface area is 80.9 Å². The van der Waals surface area contributed by atoms with Gasteiger partial charge in [-0.3, -0.25) is 9.59 Å². The van der Waals surface area contributed by atoms with E-state index in [9.17, 15) is 9.59 Å². The first-order valence-electron chi connectivity index (χ1n) is 3.89. The molecule has 0 unspecified atom stereocenters. The van der Waals surface area contributed by atoms with Gasteiger partial charge < -0.3 is 5.11 Å². The summed E-state index contributed by atoms with van der Waals surface area (Å²) in [5, 5.41) is 12.7. The summed E-state index contributed by atoms with van der Waals surface area (Å²) in [5.74, 6) is -0.499. The number of hydrogen-bond acceptors (Lipinski definition) is 3. The molecule has 71 valence electrons. The molecule has 0 fully saturated rings. The van der Waals surface area contributed by atoms with Gasteiger partial charge in [-0.25, -0.2) is 5.32 Å². The first-order valence-corrected chi connectivity index (χ1v) is 3.89. The van der Waals surface area contributed by atoms with Gasteiger partial charge in [0.25, 0.3) is 5.91 Å². The molecule has 4 heteroatoms. The molecule has 0 saturated heterocycles. The smallest absolute Gasteiger partial charge is 0.270 e. The molecule has 0 atom stereocenters. The van der Waals surface area contributed by atoms with Crippen LogP contribution < -0.4 is 5.32 Å². The fourth-order valence-corrected chi connectivity index (χ4v) is 0.849. The van der Waals surface area contributed by atoms with Crippen LogP contribution in [0.25, 0.3) is 0 Å². The number of carbonyl (C=O) groups is 2. The van der Waals surface area contributed by atoms with E-state index in [2.05, 4.69) is 5.32 Å². The van der Waals surface area contributed by atoms with Crippen LogP contribution in [0.3, 0.4) is 0 Å². The van der Waals surface area contributed by atoms with Crippen LogP contribution in [0.5, 0.6) is 5.75 Å². The van der Waals surface area contributed by atoms with Crippen LogP contribution in [-0.4, -0.2) is 17.3 Å². The van der Waals surface area contributed by atoms with Crippen LogP contribution >= 0.6 is 0 Å². The summed E-state index contributed by atoms with van der Waals surface area (Å²) in [4.78, 5) is 20.9. The number of allylic oxidation sites excluding steroid dienone is 1. The molecule has 1 radical (unpaired) electrons. The maximum atomic E-state index is 11.0. The lowest BCUT2D eigenvalue weighted by Gasteiger charge is -1.97. The quantitative estimate of drug-likeness (QED) is 0.569. The molecule has 0 aromatic heterocycles. The Hall–Kier alpha value is -2.10. The molecule has 0 aliphatic carbocycles. The van der Waals surface area contributed by atoms with Crippen molar-refractivity contribution in [3.63, 3.8) is 0 Å². The lowest BCUT2D eigenvalue weighted by molar-refractivity contribution is -0.116. The number of amides is 1. The molecule has 1 N–H and O–H groups in total. The van der Waals surface area contributed by atoms with Gasteiger partial charge in [0.2, 0.25) is 0 Å². The van der Waals surface area contributed by atoms with Crippen LogP contribution in [0.15, 0.2) is 36.4 Å². The SMILES string of the molecule is O=C/C=C\C(=O)[N]c1cccc(O)c1. The molecule has 4 nitrogen and oxygen atoms in total. The van der Waals surface area contributed by atoms with Crippen LogP contribution in [0, 0.1) is 0 Å². The van der Waals surface area contributed by atoms with E-state index in [4.69, 9.17) is 5.11 Å². The van der Waals surface area contributed by atoms with E-state index in [1.54, 1.807) is 12.1 Å². The highest BCUT2D eigenvalue weighted by molar-refractivity contribution is 5.93. The Morgan fingerprint density at radius 2 is 2.21 bits per heavy atom. The molecule has 0 aliphatic heterocycles. The second-order valence-corrected chi connectivity index (χ2v) is 2.47. The van der Waals surface area contributed by atoms with E-state index in [0.29, 0.717) is 12.0 Å². The fourth-order valence-electron chi connectivity index (χ4n) is 0.849. The topological polar surface area (TPSA) is 68.5 Å². The third-order valence-electron chi connectivity index (χ3n) is 1.39. The van der Waals surface area contributed by atoms with Gasteiger partial charge in [0.1, 0.15) is 12.0 Å². The molecule has 0 aliphatic rings. The number of aromatic hydroxyl groups is 1. The summed E-state index contributed by atoms with van der Waals surface area (Å²) in [7, 11) is 0. The largest absolute Gasteiger partial charge is 0.508 e. The van der Waals surface area contributed by atoms with Crippen LogP contribution in [0.1, 0.15) is 0 Å². The molecule has 14 heavy (non-hydrogen) atoms. The van der Waals surface area contributed by atoms with Crippen molar-refractivity contribution in [3.05, 3.63) is 36.4 Å². The van der Waals surface area contributed by atoms with E-state index >= 15 is 0 Å². The summed E-state index contributed by atoms with van der Waals surface area (Å²) < 4.78 is 0. The molecular weight excluding hydrogens is 182 g/mol. The number of carbonyl (C=O) groups excluding carboxylic acids is 2. The van der Waals surface area contributed by atoms with Gasteiger partial charge in [-0.05, 0) is 18.2 Å². The van der Waals surface area contributed by atoms with Crippen molar-refractivity contribution in [1.29, 1.82) is 0 Å².